The molecule has 17 heavy (non-hydrogen) atoms. The zero-order valence-electron chi connectivity index (χ0n) is 11.4. The van der Waals surface area contributed by atoms with Crippen molar-refractivity contribution in [1.29, 1.82) is 0 Å². The quantitative estimate of drug-likeness (QED) is 0.704. The summed E-state index contributed by atoms with van der Waals surface area (Å²) >= 11 is 0. The van der Waals surface area contributed by atoms with Crippen molar-refractivity contribution in [2.45, 2.75) is 20.3 Å². The van der Waals surface area contributed by atoms with Crippen LogP contribution in [0.5, 0.6) is 0 Å². The molecule has 2 N–H and O–H groups in total. The van der Waals surface area contributed by atoms with Crippen LogP contribution in [0.1, 0.15) is 28.7 Å². The molecule has 0 saturated heterocycles. The van der Waals surface area contributed by atoms with Crippen molar-refractivity contribution in [3.05, 3.63) is 17.0 Å². The van der Waals surface area contributed by atoms with Crippen LogP contribution in [0.25, 0.3) is 0 Å². The second-order valence-electron chi connectivity index (χ2n) is 4.60. The topological polar surface area (TPSA) is 51.4 Å². The molecule has 0 unspecified atom stereocenters. The highest BCUT2D eigenvalue weighted by atomic mass is 16.1. The predicted molar refractivity (Wildman–Crippen MR) is 67.3 cm³/mol. The van der Waals surface area contributed by atoms with Gasteiger partial charge in [0.2, 0.25) is 0 Å². The lowest BCUT2D eigenvalue weighted by Gasteiger charge is -2.09. The molecule has 0 spiro atoms. The maximum atomic E-state index is 12.1. The van der Waals surface area contributed by atoms with Gasteiger partial charge in [-0.05, 0) is 13.3 Å². The van der Waals surface area contributed by atoms with Crippen LogP contribution in [0, 0.1) is 6.92 Å². The van der Waals surface area contributed by atoms with Gasteiger partial charge in [0.05, 0.1) is 44.1 Å². The number of likely N-dealkylation sites (N-methyl/N-ethyl adjacent to an activating group) is 1. The van der Waals surface area contributed by atoms with E-state index < -0.39 is 0 Å². The Balaban J connectivity index is 2.75. The highest BCUT2D eigenvalue weighted by Crippen LogP contribution is 2.13. The van der Waals surface area contributed by atoms with Crippen molar-refractivity contribution >= 4 is 5.91 Å². The molecular weight excluding hydrogens is 216 g/mol. The number of carbonyl (C=O) groups is 1. The minimum Gasteiger partial charge on any atom is -0.346 e. The van der Waals surface area contributed by atoms with Crippen LogP contribution >= 0.6 is 0 Å². The average molecular weight is 239 g/mol. The number of aromatic nitrogens is 2. The van der Waals surface area contributed by atoms with E-state index in [0.717, 1.165) is 29.9 Å². The summed E-state index contributed by atoms with van der Waals surface area (Å²) in [5, 5.41) is 7.24. The van der Waals surface area contributed by atoms with Crippen molar-refractivity contribution in [3.8, 4) is 0 Å². The lowest BCUT2D eigenvalue weighted by molar-refractivity contribution is -0.856. The standard InChI is InChI=1S/C12H22N4O/c1-6-10-11(9(2)14-16(10)5)12(17)13-7-8-15(3)4/h6-8H2,1-5H3,(H,13,17)/p+1. The van der Waals surface area contributed by atoms with E-state index in [-0.39, 0.29) is 5.91 Å². The van der Waals surface area contributed by atoms with Crippen molar-refractivity contribution in [2.75, 3.05) is 27.2 Å². The molecule has 5 nitrogen and oxygen atoms in total. The van der Waals surface area contributed by atoms with Crippen LogP contribution in [-0.4, -0.2) is 42.9 Å². The van der Waals surface area contributed by atoms with E-state index in [9.17, 15) is 4.79 Å². The van der Waals surface area contributed by atoms with Gasteiger partial charge < -0.3 is 10.2 Å². The molecule has 1 heterocycles. The molecule has 0 aliphatic rings. The molecule has 0 bridgehead atoms. The van der Waals surface area contributed by atoms with E-state index in [1.807, 2.05) is 20.9 Å². The number of carbonyl (C=O) groups excluding carboxylic acids is 1. The summed E-state index contributed by atoms with van der Waals surface area (Å²) in [6, 6.07) is 0. The average Bonchev–Trinajstić information content (AvgIpc) is 2.52. The molecule has 0 radical (unpaired) electrons. The van der Waals surface area contributed by atoms with Gasteiger partial charge in [-0.25, -0.2) is 0 Å². The number of quaternary nitrogens is 1. The van der Waals surface area contributed by atoms with Gasteiger partial charge in [0.15, 0.2) is 0 Å². The molecule has 1 amide bonds. The normalized spacial score (nSPS) is 10.9. The second kappa shape index (κ2) is 5.82. The predicted octanol–water partition coefficient (Wildman–Crippen LogP) is -0.835. The molecular formula is C12H23N4O+. The monoisotopic (exact) mass is 239 g/mol. The maximum absolute atomic E-state index is 12.1. The van der Waals surface area contributed by atoms with E-state index in [0.29, 0.717) is 6.54 Å². The summed E-state index contributed by atoms with van der Waals surface area (Å²) in [6.45, 7) is 5.54. The Labute approximate surface area is 103 Å². The SMILES string of the molecule is CCc1c(C(=O)NCC[NH+](C)C)c(C)nn1C. The second-order valence-corrected chi connectivity index (χ2v) is 4.60. The number of nitrogens with zero attached hydrogens (tertiary/aromatic N) is 2. The number of rotatable bonds is 5. The fourth-order valence-electron chi connectivity index (χ4n) is 1.92. The van der Waals surface area contributed by atoms with Gasteiger partial charge in [-0.15, -0.1) is 0 Å². The summed E-state index contributed by atoms with van der Waals surface area (Å²) in [7, 11) is 6.02. The molecule has 0 aliphatic heterocycles. The van der Waals surface area contributed by atoms with Gasteiger partial charge >= 0.3 is 0 Å². The highest BCUT2D eigenvalue weighted by Gasteiger charge is 2.18. The maximum Gasteiger partial charge on any atom is 0.255 e. The molecule has 0 aromatic carbocycles. The minimum atomic E-state index is -0.00583. The van der Waals surface area contributed by atoms with Crippen molar-refractivity contribution in [2.24, 2.45) is 7.05 Å². The first kappa shape index (κ1) is 13.7. The molecule has 0 atom stereocenters. The Morgan fingerprint density at radius 2 is 2.12 bits per heavy atom. The molecule has 96 valence electrons. The van der Waals surface area contributed by atoms with Gasteiger partial charge in [0.25, 0.3) is 5.91 Å². The van der Waals surface area contributed by atoms with Gasteiger partial charge in [0.1, 0.15) is 0 Å². The lowest BCUT2D eigenvalue weighted by atomic mass is 10.1. The molecule has 1 aromatic heterocycles. The Morgan fingerprint density at radius 1 is 1.47 bits per heavy atom. The van der Waals surface area contributed by atoms with Crippen LogP contribution in [0.15, 0.2) is 0 Å². The van der Waals surface area contributed by atoms with Crippen LogP contribution in [0.3, 0.4) is 0 Å². The smallest absolute Gasteiger partial charge is 0.255 e. The molecule has 0 saturated carbocycles. The van der Waals surface area contributed by atoms with Gasteiger partial charge in [-0.1, -0.05) is 6.92 Å². The number of nitrogens with one attached hydrogen (secondary N) is 2. The highest BCUT2D eigenvalue weighted by molar-refractivity contribution is 5.96. The van der Waals surface area contributed by atoms with E-state index in [1.165, 1.54) is 4.90 Å². The molecule has 1 rings (SSSR count). The zero-order valence-corrected chi connectivity index (χ0v) is 11.4. The third kappa shape index (κ3) is 3.30. The van der Waals surface area contributed by atoms with Crippen LogP contribution < -0.4 is 10.2 Å². The van der Waals surface area contributed by atoms with Gasteiger partial charge in [-0.2, -0.15) is 5.10 Å². The van der Waals surface area contributed by atoms with Crippen LogP contribution in [-0.2, 0) is 13.5 Å². The van der Waals surface area contributed by atoms with Crippen molar-refractivity contribution < 1.29 is 9.69 Å². The minimum absolute atomic E-state index is 0.00583. The fourth-order valence-corrected chi connectivity index (χ4v) is 1.92. The Bertz CT molecular complexity index is 395. The number of amides is 1. The third-order valence-corrected chi connectivity index (χ3v) is 2.81. The Morgan fingerprint density at radius 3 is 2.65 bits per heavy atom. The zero-order chi connectivity index (χ0) is 13.0. The summed E-state index contributed by atoms with van der Waals surface area (Å²) in [4.78, 5) is 13.4. The molecule has 0 aliphatic carbocycles. The van der Waals surface area contributed by atoms with E-state index in [2.05, 4.69) is 24.5 Å². The Kier molecular flexibility index (Phi) is 4.69. The van der Waals surface area contributed by atoms with Gasteiger partial charge in [0, 0.05) is 7.05 Å². The summed E-state index contributed by atoms with van der Waals surface area (Å²) in [6.07, 6.45) is 0.818. The third-order valence-electron chi connectivity index (χ3n) is 2.81. The summed E-state index contributed by atoms with van der Waals surface area (Å²) in [5.74, 6) is -0.00583. The Hall–Kier alpha value is -1.36. The summed E-state index contributed by atoms with van der Waals surface area (Å²) < 4.78 is 1.79. The van der Waals surface area contributed by atoms with Crippen LogP contribution in [0.4, 0.5) is 0 Å². The fraction of sp³-hybridized carbons (Fsp3) is 0.667. The molecule has 5 heteroatoms. The summed E-state index contributed by atoms with van der Waals surface area (Å²) in [5.41, 5.74) is 2.54. The lowest BCUT2D eigenvalue weighted by Crippen LogP contribution is -3.06. The first-order valence-electron chi connectivity index (χ1n) is 6.07. The van der Waals surface area contributed by atoms with E-state index in [1.54, 1.807) is 4.68 Å². The van der Waals surface area contributed by atoms with Gasteiger partial charge in [-0.3, -0.25) is 9.48 Å². The molecule has 0 fully saturated rings. The van der Waals surface area contributed by atoms with E-state index in [4.69, 9.17) is 0 Å². The number of aryl methyl sites for hydroxylation is 2. The first-order chi connectivity index (χ1) is 7.97. The van der Waals surface area contributed by atoms with E-state index >= 15 is 0 Å². The van der Waals surface area contributed by atoms with Crippen LogP contribution in [0.2, 0.25) is 0 Å². The molecule has 1 aromatic rings. The largest absolute Gasteiger partial charge is 0.346 e. The van der Waals surface area contributed by atoms with Crippen molar-refractivity contribution in [3.63, 3.8) is 0 Å². The number of hydrogen-bond donors (Lipinski definition) is 2. The number of hydrogen-bond acceptors (Lipinski definition) is 2. The first-order valence-corrected chi connectivity index (χ1v) is 6.07. The van der Waals surface area contributed by atoms with Crippen molar-refractivity contribution in [1.82, 2.24) is 15.1 Å².